The number of nitrogens with zero attached hydrogens (tertiary/aromatic N) is 1. The maximum absolute atomic E-state index is 4.17. The van der Waals surface area contributed by atoms with E-state index < -0.39 is 0 Å². The van der Waals surface area contributed by atoms with E-state index in [2.05, 4.69) is 55.3 Å². The van der Waals surface area contributed by atoms with E-state index in [1.165, 1.54) is 22.8 Å². The third-order valence-corrected chi connectivity index (χ3v) is 3.57. The van der Waals surface area contributed by atoms with Crippen LogP contribution in [0.15, 0.2) is 36.7 Å². The fourth-order valence-electron chi connectivity index (χ4n) is 2.44. The van der Waals surface area contributed by atoms with Crippen LogP contribution in [0.25, 0.3) is 10.8 Å². The van der Waals surface area contributed by atoms with Gasteiger partial charge in [0, 0.05) is 30.4 Å². The predicted molar refractivity (Wildman–Crippen MR) is 77.5 cm³/mol. The van der Waals surface area contributed by atoms with Crippen LogP contribution in [0.2, 0.25) is 0 Å². The first kappa shape index (κ1) is 13.0. The molecule has 18 heavy (non-hydrogen) atoms. The third kappa shape index (κ3) is 2.88. The summed E-state index contributed by atoms with van der Waals surface area (Å²) >= 11 is 0. The minimum Gasteiger partial charge on any atom is -0.310 e. The molecule has 1 aromatic heterocycles. The SMILES string of the molecule is CCC(NCc1cccc2cnccc12)C(C)C. The van der Waals surface area contributed by atoms with Crippen molar-refractivity contribution < 1.29 is 0 Å². The van der Waals surface area contributed by atoms with Crippen molar-refractivity contribution in [1.29, 1.82) is 0 Å². The summed E-state index contributed by atoms with van der Waals surface area (Å²) in [7, 11) is 0. The Kier molecular flexibility index (Phi) is 4.32. The van der Waals surface area contributed by atoms with Crippen molar-refractivity contribution in [2.45, 2.75) is 39.8 Å². The highest BCUT2D eigenvalue weighted by molar-refractivity contribution is 5.84. The number of nitrogens with one attached hydrogen (secondary N) is 1. The molecule has 2 aromatic rings. The van der Waals surface area contributed by atoms with Gasteiger partial charge in [0.15, 0.2) is 0 Å². The molecule has 1 heterocycles. The highest BCUT2D eigenvalue weighted by atomic mass is 14.9. The topological polar surface area (TPSA) is 24.9 Å². The van der Waals surface area contributed by atoms with Crippen LogP contribution in [0.1, 0.15) is 32.8 Å². The highest BCUT2D eigenvalue weighted by Crippen LogP contribution is 2.18. The zero-order valence-corrected chi connectivity index (χ0v) is 11.5. The lowest BCUT2D eigenvalue weighted by Crippen LogP contribution is -2.32. The Morgan fingerprint density at radius 3 is 2.78 bits per heavy atom. The molecule has 1 atom stereocenters. The smallest absolute Gasteiger partial charge is 0.0346 e. The summed E-state index contributed by atoms with van der Waals surface area (Å²) in [5.74, 6) is 0.673. The Morgan fingerprint density at radius 1 is 1.22 bits per heavy atom. The van der Waals surface area contributed by atoms with Crippen LogP contribution in [-0.4, -0.2) is 11.0 Å². The quantitative estimate of drug-likeness (QED) is 0.863. The Labute approximate surface area is 109 Å². The van der Waals surface area contributed by atoms with Gasteiger partial charge in [0.25, 0.3) is 0 Å². The van der Waals surface area contributed by atoms with Crippen LogP contribution >= 0.6 is 0 Å². The molecule has 0 amide bonds. The number of pyridine rings is 1. The first-order valence-electron chi connectivity index (χ1n) is 6.77. The molecule has 0 saturated carbocycles. The van der Waals surface area contributed by atoms with Crippen LogP contribution in [0, 0.1) is 5.92 Å². The molecule has 0 saturated heterocycles. The number of aromatic nitrogens is 1. The molecule has 0 bridgehead atoms. The first-order valence-corrected chi connectivity index (χ1v) is 6.77. The Hall–Kier alpha value is -1.41. The molecular weight excluding hydrogens is 220 g/mol. The summed E-state index contributed by atoms with van der Waals surface area (Å²) < 4.78 is 0. The van der Waals surface area contributed by atoms with Crippen molar-refractivity contribution in [2.75, 3.05) is 0 Å². The van der Waals surface area contributed by atoms with E-state index in [-0.39, 0.29) is 0 Å². The minimum absolute atomic E-state index is 0.585. The van der Waals surface area contributed by atoms with Gasteiger partial charge in [-0.2, -0.15) is 0 Å². The number of hydrogen-bond acceptors (Lipinski definition) is 2. The van der Waals surface area contributed by atoms with Crippen LogP contribution in [-0.2, 0) is 6.54 Å². The summed E-state index contributed by atoms with van der Waals surface area (Å²) in [4.78, 5) is 4.17. The van der Waals surface area contributed by atoms with Crippen molar-refractivity contribution in [3.63, 3.8) is 0 Å². The predicted octanol–water partition coefficient (Wildman–Crippen LogP) is 3.76. The summed E-state index contributed by atoms with van der Waals surface area (Å²) in [6.45, 7) is 7.71. The van der Waals surface area contributed by atoms with Gasteiger partial charge in [-0.3, -0.25) is 4.98 Å². The van der Waals surface area contributed by atoms with E-state index >= 15 is 0 Å². The maximum atomic E-state index is 4.17. The Balaban J connectivity index is 2.17. The van der Waals surface area contributed by atoms with E-state index in [0.717, 1.165) is 6.54 Å². The molecule has 0 spiro atoms. The van der Waals surface area contributed by atoms with Gasteiger partial charge >= 0.3 is 0 Å². The van der Waals surface area contributed by atoms with Crippen molar-refractivity contribution in [2.24, 2.45) is 5.92 Å². The lowest BCUT2D eigenvalue weighted by Gasteiger charge is -2.21. The molecule has 1 unspecified atom stereocenters. The molecule has 0 aliphatic rings. The zero-order valence-electron chi connectivity index (χ0n) is 11.5. The fraction of sp³-hybridized carbons (Fsp3) is 0.438. The largest absolute Gasteiger partial charge is 0.310 e. The van der Waals surface area contributed by atoms with E-state index in [9.17, 15) is 0 Å². The van der Waals surface area contributed by atoms with Crippen LogP contribution in [0.4, 0.5) is 0 Å². The summed E-state index contributed by atoms with van der Waals surface area (Å²) in [6, 6.07) is 9.11. The molecule has 1 N–H and O–H groups in total. The van der Waals surface area contributed by atoms with Crippen molar-refractivity contribution >= 4 is 10.8 Å². The molecule has 2 nitrogen and oxygen atoms in total. The van der Waals surface area contributed by atoms with Crippen molar-refractivity contribution in [3.8, 4) is 0 Å². The lowest BCUT2D eigenvalue weighted by atomic mass is 10.0. The van der Waals surface area contributed by atoms with Crippen LogP contribution < -0.4 is 5.32 Å². The fourth-order valence-corrected chi connectivity index (χ4v) is 2.44. The maximum Gasteiger partial charge on any atom is 0.0346 e. The van der Waals surface area contributed by atoms with Gasteiger partial charge in [-0.15, -0.1) is 0 Å². The molecule has 0 fully saturated rings. The second-order valence-electron chi connectivity index (χ2n) is 5.15. The molecule has 0 radical (unpaired) electrons. The first-order chi connectivity index (χ1) is 8.72. The van der Waals surface area contributed by atoms with Gasteiger partial charge in [0.05, 0.1) is 0 Å². The number of rotatable bonds is 5. The van der Waals surface area contributed by atoms with Crippen LogP contribution in [0.5, 0.6) is 0 Å². The van der Waals surface area contributed by atoms with Crippen molar-refractivity contribution in [1.82, 2.24) is 10.3 Å². The Bertz CT molecular complexity index is 500. The minimum atomic E-state index is 0.585. The molecule has 0 aliphatic carbocycles. The van der Waals surface area contributed by atoms with Gasteiger partial charge in [0.2, 0.25) is 0 Å². The summed E-state index contributed by atoms with van der Waals surface area (Å²) in [5.41, 5.74) is 1.36. The molecular formula is C16H22N2. The molecule has 2 rings (SSSR count). The van der Waals surface area contributed by atoms with Gasteiger partial charge in [-0.05, 0) is 29.4 Å². The molecule has 2 heteroatoms. The standard InChI is InChI=1S/C16H22N2/c1-4-16(12(2)3)18-11-14-7-5-6-13-10-17-9-8-15(13)14/h5-10,12,16,18H,4,11H2,1-3H3. The van der Waals surface area contributed by atoms with E-state index in [1.807, 2.05) is 12.4 Å². The monoisotopic (exact) mass is 242 g/mol. The summed E-state index contributed by atoms with van der Waals surface area (Å²) in [6.07, 6.45) is 4.97. The van der Waals surface area contributed by atoms with Gasteiger partial charge in [0.1, 0.15) is 0 Å². The van der Waals surface area contributed by atoms with Gasteiger partial charge in [-0.25, -0.2) is 0 Å². The lowest BCUT2D eigenvalue weighted by molar-refractivity contribution is 0.388. The zero-order chi connectivity index (χ0) is 13.0. The average Bonchev–Trinajstić information content (AvgIpc) is 2.39. The van der Waals surface area contributed by atoms with Crippen LogP contribution in [0.3, 0.4) is 0 Å². The second-order valence-corrected chi connectivity index (χ2v) is 5.15. The molecule has 96 valence electrons. The van der Waals surface area contributed by atoms with E-state index in [0.29, 0.717) is 12.0 Å². The highest BCUT2D eigenvalue weighted by Gasteiger charge is 2.10. The van der Waals surface area contributed by atoms with Crippen molar-refractivity contribution in [3.05, 3.63) is 42.2 Å². The number of hydrogen-bond donors (Lipinski definition) is 1. The van der Waals surface area contributed by atoms with E-state index in [1.54, 1.807) is 0 Å². The molecule has 0 aliphatic heterocycles. The summed E-state index contributed by atoms with van der Waals surface area (Å²) in [5, 5.41) is 6.18. The average molecular weight is 242 g/mol. The number of benzene rings is 1. The normalized spacial score (nSPS) is 13.1. The second kappa shape index (κ2) is 5.96. The van der Waals surface area contributed by atoms with Gasteiger partial charge in [-0.1, -0.05) is 39.0 Å². The Morgan fingerprint density at radius 2 is 2.06 bits per heavy atom. The van der Waals surface area contributed by atoms with Gasteiger partial charge < -0.3 is 5.32 Å². The third-order valence-electron chi connectivity index (χ3n) is 3.57. The number of fused-ring (bicyclic) bond motifs is 1. The van der Waals surface area contributed by atoms with E-state index in [4.69, 9.17) is 0 Å². The molecule has 1 aromatic carbocycles.